The summed E-state index contributed by atoms with van der Waals surface area (Å²) in [5, 5.41) is 6.32. The summed E-state index contributed by atoms with van der Waals surface area (Å²) < 4.78 is 25.4. The van der Waals surface area contributed by atoms with E-state index in [-0.39, 0.29) is 29.9 Å². The molecule has 1 saturated heterocycles. The molecule has 158 valence electrons. The highest BCUT2D eigenvalue weighted by molar-refractivity contribution is 14.0. The topological polar surface area (TPSA) is 103 Å². The first-order valence-corrected chi connectivity index (χ1v) is 10.8. The van der Waals surface area contributed by atoms with Gasteiger partial charge in [-0.25, -0.2) is 13.1 Å². The van der Waals surface area contributed by atoms with Gasteiger partial charge in [0.15, 0.2) is 5.96 Å². The molecule has 1 aromatic carbocycles. The third kappa shape index (κ3) is 7.92. The molecule has 0 radical (unpaired) electrons. The smallest absolute Gasteiger partial charge is 0.227 e. The van der Waals surface area contributed by atoms with Crippen LogP contribution in [0.4, 0.5) is 5.69 Å². The van der Waals surface area contributed by atoms with Crippen molar-refractivity contribution in [3.8, 4) is 0 Å². The third-order valence-corrected chi connectivity index (χ3v) is 5.09. The summed E-state index contributed by atoms with van der Waals surface area (Å²) in [5.74, 6) is 0.757. The van der Waals surface area contributed by atoms with Crippen molar-refractivity contribution in [2.45, 2.75) is 38.8 Å². The van der Waals surface area contributed by atoms with Crippen LogP contribution in [-0.2, 0) is 21.4 Å². The van der Waals surface area contributed by atoms with Gasteiger partial charge >= 0.3 is 0 Å². The number of aliphatic imine (C=N–C) groups is 1. The highest BCUT2D eigenvalue weighted by Crippen LogP contribution is 2.21. The lowest BCUT2D eigenvalue weighted by Gasteiger charge is -2.26. The van der Waals surface area contributed by atoms with E-state index in [0.717, 1.165) is 30.5 Å². The minimum Gasteiger partial charge on any atom is -0.355 e. The number of carbonyl (C=O) groups is 1. The molecule has 0 saturated carbocycles. The zero-order valence-corrected chi connectivity index (χ0v) is 19.9. The number of anilines is 1. The van der Waals surface area contributed by atoms with Gasteiger partial charge in [-0.2, -0.15) is 0 Å². The lowest BCUT2D eigenvalue weighted by atomic mass is 10.1. The van der Waals surface area contributed by atoms with Crippen LogP contribution >= 0.6 is 24.0 Å². The van der Waals surface area contributed by atoms with Crippen molar-refractivity contribution in [3.63, 3.8) is 0 Å². The van der Waals surface area contributed by atoms with Crippen LogP contribution in [-0.4, -0.2) is 52.2 Å². The molecule has 0 spiro atoms. The Morgan fingerprint density at radius 2 is 1.86 bits per heavy atom. The minimum atomic E-state index is -3.29. The Morgan fingerprint density at radius 1 is 1.21 bits per heavy atom. The number of guanidine groups is 1. The number of amides is 1. The Bertz CT molecular complexity index is 794. The number of sulfonamides is 1. The molecule has 3 N–H and O–H groups in total. The lowest BCUT2D eigenvalue weighted by molar-refractivity contribution is -0.117. The Morgan fingerprint density at radius 3 is 2.36 bits per heavy atom. The molecule has 1 aliphatic rings. The van der Waals surface area contributed by atoms with Gasteiger partial charge in [0, 0.05) is 44.3 Å². The number of hydrogen-bond donors (Lipinski definition) is 3. The molecule has 2 rings (SSSR count). The first-order chi connectivity index (χ1) is 12.6. The van der Waals surface area contributed by atoms with Gasteiger partial charge in [0.1, 0.15) is 0 Å². The van der Waals surface area contributed by atoms with Crippen LogP contribution in [0.3, 0.4) is 0 Å². The van der Waals surface area contributed by atoms with Crippen molar-refractivity contribution in [1.82, 2.24) is 15.4 Å². The fourth-order valence-electron chi connectivity index (χ4n) is 2.96. The fraction of sp³-hybridized carbons (Fsp3) is 0.556. The van der Waals surface area contributed by atoms with E-state index in [1.165, 1.54) is 0 Å². The van der Waals surface area contributed by atoms with Crippen LogP contribution in [0.2, 0.25) is 0 Å². The molecule has 0 aromatic heterocycles. The van der Waals surface area contributed by atoms with E-state index in [0.29, 0.717) is 25.5 Å². The standard InChI is InChI=1S/C18H29N5O3S.HI/c1-18(2,22-27(4,25)26)13-21-17(19-3)20-12-14-7-9-15(10-8-14)23-11-5-6-16(23)24;/h7-10,22H,5-6,11-13H2,1-4H3,(H2,19,20,21);1H. The number of nitrogens with zero attached hydrogens (tertiary/aromatic N) is 2. The predicted molar refractivity (Wildman–Crippen MR) is 124 cm³/mol. The molecule has 0 atom stereocenters. The van der Waals surface area contributed by atoms with E-state index in [9.17, 15) is 13.2 Å². The van der Waals surface area contributed by atoms with Crippen LogP contribution in [0.15, 0.2) is 29.3 Å². The largest absolute Gasteiger partial charge is 0.355 e. The quantitative estimate of drug-likeness (QED) is 0.285. The van der Waals surface area contributed by atoms with E-state index in [4.69, 9.17) is 0 Å². The summed E-state index contributed by atoms with van der Waals surface area (Å²) in [4.78, 5) is 17.8. The summed E-state index contributed by atoms with van der Waals surface area (Å²) in [6, 6.07) is 7.87. The van der Waals surface area contributed by atoms with Crippen LogP contribution in [0.25, 0.3) is 0 Å². The minimum absolute atomic E-state index is 0. The highest BCUT2D eigenvalue weighted by Gasteiger charge is 2.23. The van der Waals surface area contributed by atoms with Crippen molar-refractivity contribution >= 4 is 51.6 Å². The van der Waals surface area contributed by atoms with Crippen LogP contribution in [0.1, 0.15) is 32.3 Å². The van der Waals surface area contributed by atoms with Gasteiger partial charge in [-0.3, -0.25) is 9.79 Å². The molecule has 1 aromatic rings. The monoisotopic (exact) mass is 523 g/mol. The number of nitrogens with one attached hydrogen (secondary N) is 3. The van der Waals surface area contributed by atoms with E-state index in [1.54, 1.807) is 20.9 Å². The molecule has 0 aliphatic carbocycles. The zero-order valence-electron chi connectivity index (χ0n) is 16.8. The molecular formula is C18H30IN5O3S. The van der Waals surface area contributed by atoms with Crippen molar-refractivity contribution < 1.29 is 13.2 Å². The predicted octanol–water partition coefficient (Wildman–Crippen LogP) is 1.42. The van der Waals surface area contributed by atoms with E-state index >= 15 is 0 Å². The Balaban J connectivity index is 0.00000392. The average Bonchev–Trinajstić information content (AvgIpc) is 2.99. The lowest BCUT2D eigenvalue weighted by Crippen LogP contribution is -2.52. The van der Waals surface area contributed by atoms with Gasteiger partial charge in [0.25, 0.3) is 0 Å². The van der Waals surface area contributed by atoms with Gasteiger partial charge in [0.05, 0.1) is 6.26 Å². The maximum Gasteiger partial charge on any atom is 0.227 e. The number of rotatable bonds is 7. The second-order valence-electron chi connectivity index (χ2n) is 7.35. The number of hydrogen-bond acceptors (Lipinski definition) is 4. The van der Waals surface area contributed by atoms with Crippen molar-refractivity contribution in [2.75, 3.05) is 31.3 Å². The Hall–Kier alpha value is -1.40. The molecule has 1 amide bonds. The second-order valence-corrected chi connectivity index (χ2v) is 9.10. The molecule has 8 nitrogen and oxygen atoms in total. The number of carbonyl (C=O) groups excluding carboxylic acids is 1. The second kappa shape index (κ2) is 10.4. The molecule has 1 fully saturated rings. The van der Waals surface area contributed by atoms with Crippen molar-refractivity contribution in [1.29, 1.82) is 0 Å². The maximum absolute atomic E-state index is 11.8. The van der Waals surface area contributed by atoms with Gasteiger partial charge < -0.3 is 15.5 Å². The molecule has 1 heterocycles. The van der Waals surface area contributed by atoms with Crippen LogP contribution in [0.5, 0.6) is 0 Å². The van der Waals surface area contributed by atoms with Gasteiger partial charge in [-0.05, 0) is 38.0 Å². The maximum atomic E-state index is 11.8. The van der Waals surface area contributed by atoms with Crippen molar-refractivity contribution in [3.05, 3.63) is 29.8 Å². The Kier molecular flexibility index (Phi) is 9.15. The normalized spacial score (nSPS) is 15.4. The van der Waals surface area contributed by atoms with E-state index in [1.807, 2.05) is 29.2 Å². The fourth-order valence-corrected chi connectivity index (χ4v) is 4.04. The number of halogens is 1. The first kappa shape index (κ1) is 24.6. The molecule has 28 heavy (non-hydrogen) atoms. The van der Waals surface area contributed by atoms with Gasteiger partial charge in [-0.15, -0.1) is 24.0 Å². The van der Waals surface area contributed by atoms with E-state index < -0.39 is 15.6 Å². The van der Waals surface area contributed by atoms with E-state index in [2.05, 4.69) is 20.3 Å². The summed E-state index contributed by atoms with van der Waals surface area (Å²) in [6.07, 6.45) is 2.67. The van der Waals surface area contributed by atoms with Gasteiger partial charge in [-0.1, -0.05) is 12.1 Å². The number of benzene rings is 1. The summed E-state index contributed by atoms with van der Waals surface area (Å²) >= 11 is 0. The molecular weight excluding hydrogens is 493 g/mol. The first-order valence-electron chi connectivity index (χ1n) is 8.92. The zero-order chi connectivity index (χ0) is 20.1. The highest BCUT2D eigenvalue weighted by atomic mass is 127. The third-order valence-electron chi connectivity index (χ3n) is 4.16. The summed E-state index contributed by atoms with van der Waals surface area (Å²) in [6.45, 7) is 5.33. The van der Waals surface area contributed by atoms with Crippen molar-refractivity contribution in [2.24, 2.45) is 4.99 Å². The van der Waals surface area contributed by atoms with Crippen LogP contribution < -0.4 is 20.3 Å². The molecule has 0 bridgehead atoms. The molecule has 10 heteroatoms. The average molecular weight is 523 g/mol. The SMILES string of the molecule is CN=C(NCc1ccc(N2CCCC2=O)cc1)NCC(C)(C)NS(C)(=O)=O.I. The summed E-state index contributed by atoms with van der Waals surface area (Å²) in [5.41, 5.74) is 1.34. The summed E-state index contributed by atoms with van der Waals surface area (Å²) in [7, 11) is -1.62. The molecule has 1 aliphatic heterocycles. The molecule has 0 unspecified atom stereocenters. The van der Waals surface area contributed by atoms with Gasteiger partial charge in [0.2, 0.25) is 15.9 Å². The Labute approximate surface area is 184 Å². The van der Waals surface area contributed by atoms with Crippen LogP contribution in [0, 0.1) is 0 Å².